The maximum atomic E-state index is 11.5. The summed E-state index contributed by atoms with van der Waals surface area (Å²) in [7, 11) is 4.38. The highest BCUT2D eigenvalue weighted by Gasteiger charge is 2.44. The quantitative estimate of drug-likeness (QED) is 0.237. The number of nitrogens with zero attached hydrogens (tertiary/aromatic N) is 3. The van der Waals surface area contributed by atoms with E-state index in [1.807, 2.05) is 24.3 Å². The van der Waals surface area contributed by atoms with Crippen LogP contribution in [0, 0.1) is 0 Å². The van der Waals surface area contributed by atoms with E-state index in [4.69, 9.17) is 11.6 Å². The molecule has 2 N–H and O–H groups in total. The van der Waals surface area contributed by atoms with Crippen LogP contribution in [0.15, 0.2) is 94.7 Å². The Hall–Kier alpha value is -3.94. The van der Waals surface area contributed by atoms with Crippen LogP contribution in [-0.4, -0.2) is 77.2 Å². The maximum absolute atomic E-state index is 11.5. The molecule has 0 atom stereocenters. The molecular formula is C37H44ClN3O4+2. The zero-order valence-corrected chi connectivity index (χ0v) is 27.9. The Morgan fingerprint density at radius 3 is 2.22 bits per heavy atom. The summed E-state index contributed by atoms with van der Waals surface area (Å²) in [6.45, 7) is 11.0. The summed E-state index contributed by atoms with van der Waals surface area (Å²) >= 11 is 7.17. The summed E-state index contributed by atoms with van der Waals surface area (Å²) in [5, 5.41) is 19.6. The average Bonchev–Trinajstić information content (AvgIpc) is 3.32. The van der Waals surface area contributed by atoms with Gasteiger partial charge in [0.2, 0.25) is 5.69 Å². The molecule has 236 valence electrons. The SMILES string of the molecule is CC1(C)C(/C=C/C2=C(Cl)C(=C/C=C3/N(CCC(=O)O)c4ccccc4C3(C)C)/C[N+](C)(C)C2)=[N+](CCC(=O)O)c2ccccc21. The number of anilines is 1. The number of hydrogen-bond donors (Lipinski definition) is 2. The lowest BCUT2D eigenvalue weighted by atomic mass is 9.81. The first-order valence-electron chi connectivity index (χ1n) is 15.5. The normalized spacial score (nSPS) is 21.6. The standard InChI is InChI=1S/C37H42ClN3O4/c1-36(2)27-11-7-9-13-29(27)39(21-19-33(42)43)31(36)17-15-25-23-41(5,6)24-26(35(25)38)16-18-32-37(3,4)28-12-8-10-14-30(28)40(32)22-20-34(44)45/h7-18H,19-24H2,1-6H3/p+2. The number of fused-ring (bicyclic) bond motifs is 2. The number of carboxylic acids is 2. The van der Waals surface area contributed by atoms with Gasteiger partial charge in [0.25, 0.3) is 0 Å². The number of para-hydroxylation sites is 2. The van der Waals surface area contributed by atoms with Crippen molar-refractivity contribution in [3.8, 4) is 0 Å². The highest BCUT2D eigenvalue weighted by molar-refractivity contribution is 6.32. The van der Waals surface area contributed by atoms with Crippen molar-refractivity contribution >= 4 is 40.6 Å². The minimum absolute atomic E-state index is 0.0420. The molecule has 0 amide bonds. The second-order valence-corrected chi connectivity index (χ2v) is 14.3. The number of quaternary nitrogens is 1. The summed E-state index contributed by atoms with van der Waals surface area (Å²) in [6, 6.07) is 16.4. The molecule has 0 saturated heterocycles. The molecule has 8 heteroatoms. The van der Waals surface area contributed by atoms with Crippen LogP contribution < -0.4 is 4.90 Å². The zero-order valence-electron chi connectivity index (χ0n) is 27.1. The van der Waals surface area contributed by atoms with E-state index in [-0.39, 0.29) is 23.7 Å². The molecule has 0 radical (unpaired) electrons. The summed E-state index contributed by atoms with van der Waals surface area (Å²) in [4.78, 5) is 25.2. The molecule has 0 bridgehead atoms. The lowest BCUT2D eigenvalue weighted by Crippen LogP contribution is -2.45. The molecule has 3 heterocycles. The van der Waals surface area contributed by atoms with Crippen LogP contribution in [0.5, 0.6) is 0 Å². The Balaban J connectivity index is 1.55. The van der Waals surface area contributed by atoms with Gasteiger partial charge in [0, 0.05) is 52.2 Å². The number of aliphatic carboxylic acids is 2. The predicted octanol–water partition coefficient (Wildman–Crippen LogP) is 6.76. The third kappa shape index (κ3) is 6.29. The maximum Gasteiger partial charge on any atom is 0.309 e. The molecule has 2 aromatic carbocycles. The zero-order chi connectivity index (χ0) is 32.7. The first-order chi connectivity index (χ1) is 21.1. The van der Waals surface area contributed by atoms with Gasteiger partial charge in [0.05, 0.1) is 31.0 Å². The van der Waals surface area contributed by atoms with E-state index in [0.29, 0.717) is 13.1 Å². The van der Waals surface area contributed by atoms with Crippen molar-refractivity contribution in [3.05, 3.63) is 106 Å². The van der Waals surface area contributed by atoms with Crippen LogP contribution in [-0.2, 0) is 20.4 Å². The minimum atomic E-state index is -0.823. The highest BCUT2D eigenvalue weighted by Crippen LogP contribution is 2.48. The Bertz CT molecular complexity index is 1710. The minimum Gasteiger partial charge on any atom is -0.481 e. The Labute approximate surface area is 271 Å². The van der Waals surface area contributed by atoms with Gasteiger partial charge in [-0.25, -0.2) is 0 Å². The number of halogens is 1. The van der Waals surface area contributed by atoms with Crippen LogP contribution in [0.3, 0.4) is 0 Å². The van der Waals surface area contributed by atoms with Crippen molar-refractivity contribution in [2.75, 3.05) is 45.2 Å². The van der Waals surface area contributed by atoms with E-state index in [2.05, 4.69) is 99.8 Å². The van der Waals surface area contributed by atoms with Crippen molar-refractivity contribution in [2.24, 2.45) is 0 Å². The van der Waals surface area contributed by atoms with Crippen LogP contribution in [0.4, 0.5) is 11.4 Å². The molecule has 0 fully saturated rings. The molecule has 2 aromatic rings. The number of likely N-dealkylation sites (N-methyl/N-ethyl adjacent to an activating group) is 1. The van der Waals surface area contributed by atoms with Gasteiger partial charge in [-0.2, -0.15) is 4.58 Å². The highest BCUT2D eigenvalue weighted by atomic mass is 35.5. The smallest absolute Gasteiger partial charge is 0.309 e. The number of benzene rings is 2. The topological polar surface area (TPSA) is 80.9 Å². The van der Waals surface area contributed by atoms with Gasteiger partial charge in [0.1, 0.15) is 19.5 Å². The van der Waals surface area contributed by atoms with Crippen molar-refractivity contribution in [1.29, 1.82) is 0 Å². The van der Waals surface area contributed by atoms with Gasteiger partial charge in [0.15, 0.2) is 12.3 Å². The van der Waals surface area contributed by atoms with Crippen LogP contribution in [0.2, 0.25) is 0 Å². The third-order valence-corrected chi connectivity index (χ3v) is 9.83. The molecule has 0 spiro atoms. The van der Waals surface area contributed by atoms with Crippen molar-refractivity contribution in [1.82, 2.24) is 0 Å². The first kappa shape index (κ1) is 32.5. The average molecular weight is 630 g/mol. The molecule has 0 saturated carbocycles. The van der Waals surface area contributed by atoms with Crippen molar-refractivity contribution in [2.45, 2.75) is 51.4 Å². The molecule has 0 aromatic heterocycles. The van der Waals surface area contributed by atoms with Gasteiger partial charge >= 0.3 is 11.9 Å². The lowest BCUT2D eigenvalue weighted by Gasteiger charge is -2.35. The van der Waals surface area contributed by atoms with Gasteiger partial charge in [-0.1, -0.05) is 67.9 Å². The molecule has 0 unspecified atom stereocenters. The fraction of sp³-hybridized carbons (Fsp3) is 0.378. The van der Waals surface area contributed by atoms with Gasteiger partial charge in [-0.05, 0) is 37.6 Å². The van der Waals surface area contributed by atoms with Crippen molar-refractivity contribution in [3.63, 3.8) is 0 Å². The molecule has 45 heavy (non-hydrogen) atoms. The largest absolute Gasteiger partial charge is 0.481 e. The van der Waals surface area contributed by atoms with E-state index in [0.717, 1.165) is 56.5 Å². The van der Waals surface area contributed by atoms with Crippen molar-refractivity contribution < 1.29 is 28.9 Å². The van der Waals surface area contributed by atoms with Gasteiger partial charge in [-0.15, -0.1) is 0 Å². The Kier molecular flexibility index (Phi) is 8.73. The summed E-state index contributed by atoms with van der Waals surface area (Å²) in [6.07, 6.45) is 8.53. The molecular weight excluding hydrogens is 586 g/mol. The predicted molar refractivity (Wildman–Crippen MR) is 181 cm³/mol. The van der Waals surface area contributed by atoms with Crippen LogP contribution in [0.25, 0.3) is 0 Å². The number of carbonyl (C=O) groups is 2. The first-order valence-corrected chi connectivity index (χ1v) is 15.9. The fourth-order valence-corrected chi connectivity index (χ4v) is 7.36. The van der Waals surface area contributed by atoms with Crippen LogP contribution in [0.1, 0.15) is 51.7 Å². The lowest BCUT2D eigenvalue weighted by molar-refractivity contribution is -0.881. The Morgan fingerprint density at radius 2 is 1.53 bits per heavy atom. The second-order valence-electron chi connectivity index (χ2n) is 13.9. The molecule has 3 aliphatic heterocycles. The fourth-order valence-electron chi connectivity index (χ4n) is 7.11. The third-order valence-electron chi connectivity index (χ3n) is 9.34. The molecule has 0 aliphatic carbocycles. The Morgan fingerprint density at radius 1 is 0.889 bits per heavy atom. The van der Waals surface area contributed by atoms with E-state index in [1.54, 1.807) is 0 Å². The van der Waals surface area contributed by atoms with E-state index in [1.165, 1.54) is 11.1 Å². The molecule has 5 rings (SSSR count). The molecule has 7 nitrogen and oxygen atoms in total. The van der Waals surface area contributed by atoms with Gasteiger partial charge in [-0.3, -0.25) is 9.59 Å². The number of allylic oxidation sites excluding steroid dienone is 4. The van der Waals surface area contributed by atoms with Gasteiger partial charge < -0.3 is 19.6 Å². The second kappa shape index (κ2) is 12.1. The number of rotatable bonds is 9. The van der Waals surface area contributed by atoms with E-state index in [9.17, 15) is 19.8 Å². The van der Waals surface area contributed by atoms with Crippen LogP contribution >= 0.6 is 11.6 Å². The monoisotopic (exact) mass is 629 g/mol. The number of carboxylic acid groups (broad SMARTS) is 2. The molecule has 3 aliphatic rings. The van der Waals surface area contributed by atoms with E-state index < -0.39 is 11.9 Å². The van der Waals surface area contributed by atoms with E-state index >= 15 is 0 Å². The summed E-state index contributed by atoms with van der Waals surface area (Å²) in [5.74, 6) is -1.65. The summed E-state index contributed by atoms with van der Waals surface area (Å²) < 4.78 is 2.85. The summed E-state index contributed by atoms with van der Waals surface area (Å²) in [5.41, 5.74) is 7.97. The number of hydrogen-bond acceptors (Lipinski definition) is 3.